The summed E-state index contributed by atoms with van der Waals surface area (Å²) in [5.74, 6) is 0.854. The highest BCUT2D eigenvalue weighted by atomic mass is 79.9. The zero-order valence-corrected chi connectivity index (χ0v) is 12.0. The van der Waals surface area contributed by atoms with Crippen molar-refractivity contribution in [2.75, 3.05) is 12.4 Å². The van der Waals surface area contributed by atoms with E-state index < -0.39 is 0 Å². The lowest BCUT2D eigenvalue weighted by Crippen LogP contribution is -1.99. The smallest absolute Gasteiger partial charge is 0.130 e. The molecule has 0 saturated carbocycles. The molecule has 0 spiro atoms. The minimum absolute atomic E-state index is 0.469. The predicted molar refractivity (Wildman–Crippen MR) is 77.0 cm³/mol. The van der Waals surface area contributed by atoms with Crippen LogP contribution in [0.1, 0.15) is 11.3 Å². The Hall–Kier alpha value is -1.55. The minimum atomic E-state index is 0.469. The van der Waals surface area contributed by atoms with Gasteiger partial charge >= 0.3 is 0 Å². The van der Waals surface area contributed by atoms with Crippen LogP contribution in [0.3, 0.4) is 0 Å². The molecule has 3 nitrogen and oxygen atoms in total. The van der Waals surface area contributed by atoms with E-state index in [0.29, 0.717) is 6.61 Å². The Morgan fingerprint density at radius 1 is 1.28 bits per heavy atom. The van der Waals surface area contributed by atoms with Gasteiger partial charge in [-0.15, -0.1) is 0 Å². The quantitative estimate of drug-likeness (QED) is 0.933. The van der Waals surface area contributed by atoms with Crippen molar-refractivity contribution < 1.29 is 4.74 Å². The monoisotopic (exact) mass is 306 g/mol. The van der Waals surface area contributed by atoms with E-state index in [2.05, 4.69) is 26.2 Å². The summed E-state index contributed by atoms with van der Waals surface area (Å²) in [7, 11) is 1.89. The number of benzene rings is 1. The first-order valence-corrected chi connectivity index (χ1v) is 6.50. The Labute approximate surface area is 115 Å². The third kappa shape index (κ3) is 3.23. The molecule has 0 aliphatic heterocycles. The molecule has 18 heavy (non-hydrogen) atoms. The van der Waals surface area contributed by atoms with Crippen molar-refractivity contribution in [1.29, 1.82) is 0 Å². The summed E-state index contributed by atoms with van der Waals surface area (Å²) in [5, 5.41) is 3.08. The van der Waals surface area contributed by atoms with Gasteiger partial charge in [0.1, 0.15) is 12.4 Å². The molecule has 2 aromatic rings. The summed E-state index contributed by atoms with van der Waals surface area (Å²) in [6.45, 7) is 2.51. The number of nitrogens with zero attached hydrogens (tertiary/aromatic N) is 1. The van der Waals surface area contributed by atoms with E-state index in [-0.39, 0.29) is 0 Å². The van der Waals surface area contributed by atoms with E-state index in [1.165, 1.54) is 0 Å². The number of hydrogen-bond acceptors (Lipinski definition) is 3. The topological polar surface area (TPSA) is 34.2 Å². The fraction of sp³-hybridized carbons (Fsp3) is 0.214. The first-order chi connectivity index (χ1) is 8.69. The number of halogens is 1. The first-order valence-electron chi connectivity index (χ1n) is 5.70. The second kappa shape index (κ2) is 5.87. The Morgan fingerprint density at radius 2 is 2.11 bits per heavy atom. The number of aryl methyl sites for hydroxylation is 1. The number of aromatic nitrogens is 1. The molecule has 0 saturated heterocycles. The van der Waals surface area contributed by atoms with Gasteiger partial charge in [-0.3, -0.25) is 4.98 Å². The van der Waals surface area contributed by atoms with E-state index in [9.17, 15) is 0 Å². The summed E-state index contributed by atoms with van der Waals surface area (Å²) in [6.07, 6.45) is 1.78. The molecule has 0 atom stereocenters. The molecule has 1 aromatic heterocycles. The zero-order valence-electron chi connectivity index (χ0n) is 10.4. The van der Waals surface area contributed by atoms with Crippen molar-refractivity contribution in [2.45, 2.75) is 13.5 Å². The van der Waals surface area contributed by atoms with Crippen LogP contribution in [0.25, 0.3) is 0 Å². The molecule has 2 rings (SSSR count). The summed E-state index contributed by atoms with van der Waals surface area (Å²) >= 11 is 3.47. The van der Waals surface area contributed by atoms with Crippen molar-refractivity contribution in [3.05, 3.63) is 52.3 Å². The van der Waals surface area contributed by atoms with Crippen molar-refractivity contribution >= 4 is 21.6 Å². The predicted octanol–water partition coefficient (Wildman–Crippen LogP) is 3.77. The third-order valence-electron chi connectivity index (χ3n) is 2.62. The molecule has 94 valence electrons. The highest BCUT2D eigenvalue weighted by Gasteiger charge is 2.00. The lowest BCUT2D eigenvalue weighted by molar-refractivity contribution is 0.301. The standard InChI is InChI=1S/C14H15BrN2O/c1-10-7-13(3-4-14(10)15)18-9-12-8-11(16-2)5-6-17-12/h3-8H,9H2,1-2H3,(H,16,17). The second-order valence-electron chi connectivity index (χ2n) is 3.99. The maximum absolute atomic E-state index is 5.72. The van der Waals surface area contributed by atoms with Crippen LogP contribution in [0.2, 0.25) is 0 Å². The maximum Gasteiger partial charge on any atom is 0.130 e. The van der Waals surface area contributed by atoms with Crippen LogP contribution in [0.4, 0.5) is 5.69 Å². The summed E-state index contributed by atoms with van der Waals surface area (Å²) in [5.41, 5.74) is 3.10. The molecule has 0 fully saturated rings. The fourth-order valence-electron chi connectivity index (χ4n) is 1.58. The van der Waals surface area contributed by atoms with Gasteiger partial charge in [-0.1, -0.05) is 15.9 Å². The van der Waals surface area contributed by atoms with Crippen molar-refractivity contribution in [3.8, 4) is 5.75 Å². The van der Waals surface area contributed by atoms with Crippen LogP contribution in [-0.4, -0.2) is 12.0 Å². The number of nitrogens with one attached hydrogen (secondary N) is 1. The molecule has 1 heterocycles. The SMILES string of the molecule is CNc1ccnc(COc2ccc(Br)c(C)c2)c1. The normalized spacial score (nSPS) is 10.2. The Kier molecular flexibility index (Phi) is 4.20. The average Bonchev–Trinajstić information content (AvgIpc) is 2.40. The molecule has 0 aliphatic carbocycles. The Morgan fingerprint density at radius 3 is 2.83 bits per heavy atom. The maximum atomic E-state index is 5.72. The van der Waals surface area contributed by atoms with Gasteiger partial charge in [-0.05, 0) is 42.8 Å². The average molecular weight is 307 g/mol. The van der Waals surface area contributed by atoms with E-state index in [4.69, 9.17) is 4.74 Å². The highest BCUT2D eigenvalue weighted by molar-refractivity contribution is 9.10. The number of hydrogen-bond donors (Lipinski definition) is 1. The van der Waals surface area contributed by atoms with Crippen LogP contribution in [0, 0.1) is 6.92 Å². The summed E-state index contributed by atoms with van der Waals surface area (Å²) in [4.78, 5) is 4.27. The van der Waals surface area contributed by atoms with Crippen LogP contribution in [0.5, 0.6) is 5.75 Å². The molecule has 0 amide bonds. The van der Waals surface area contributed by atoms with Gasteiger partial charge in [0.15, 0.2) is 0 Å². The molecular formula is C14H15BrN2O. The van der Waals surface area contributed by atoms with E-state index >= 15 is 0 Å². The van der Waals surface area contributed by atoms with Crippen molar-refractivity contribution in [3.63, 3.8) is 0 Å². The van der Waals surface area contributed by atoms with E-state index in [1.54, 1.807) is 6.20 Å². The summed E-state index contributed by atoms with van der Waals surface area (Å²) in [6, 6.07) is 9.84. The molecule has 4 heteroatoms. The molecular weight excluding hydrogens is 292 g/mol. The van der Waals surface area contributed by atoms with Gasteiger partial charge in [0, 0.05) is 23.4 Å². The van der Waals surface area contributed by atoms with Crippen LogP contribution < -0.4 is 10.1 Å². The number of ether oxygens (including phenoxy) is 1. The van der Waals surface area contributed by atoms with Gasteiger partial charge in [-0.2, -0.15) is 0 Å². The number of pyridine rings is 1. The van der Waals surface area contributed by atoms with Gasteiger partial charge in [0.2, 0.25) is 0 Å². The molecule has 1 aromatic carbocycles. The minimum Gasteiger partial charge on any atom is -0.487 e. The second-order valence-corrected chi connectivity index (χ2v) is 4.84. The highest BCUT2D eigenvalue weighted by Crippen LogP contribution is 2.22. The molecule has 0 bridgehead atoms. The lowest BCUT2D eigenvalue weighted by Gasteiger charge is -2.08. The van der Waals surface area contributed by atoms with Crippen LogP contribution in [-0.2, 0) is 6.61 Å². The van der Waals surface area contributed by atoms with Gasteiger partial charge in [0.05, 0.1) is 5.69 Å². The van der Waals surface area contributed by atoms with Crippen LogP contribution >= 0.6 is 15.9 Å². The molecule has 0 radical (unpaired) electrons. The Bertz CT molecular complexity index is 543. The van der Waals surface area contributed by atoms with Gasteiger partial charge in [0.25, 0.3) is 0 Å². The largest absolute Gasteiger partial charge is 0.487 e. The van der Waals surface area contributed by atoms with Gasteiger partial charge in [-0.25, -0.2) is 0 Å². The zero-order chi connectivity index (χ0) is 13.0. The first kappa shape index (κ1) is 12.9. The fourth-order valence-corrected chi connectivity index (χ4v) is 1.82. The van der Waals surface area contributed by atoms with Gasteiger partial charge < -0.3 is 10.1 Å². The van der Waals surface area contributed by atoms with E-state index in [0.717, 1.165) is 27.2 Å². The van der Waals surface area contributed by atoms with Crippen molar-refractivity contribution in [2.24, 2.45) is 0 Å². The van der Waals surface area contributed by atoms with Crippen molar-refractivity contribution in [1.82, 2.24) is 4.98 Å². The molecule has 0 aliphatic rings. The summed E-state index contributed by atoms with van der Waals surface area (Å²) < 4.78 is 6.80. The Balaban J connectivity index is 2.04. The van der Waals surface area contributed by atoms with E-state index in [1.807, 2.05) is 44.3 Å². The number of anilines is 1. The molecule has 0 unspecified atom stereocenters. The molecule has 1 N–H and O–H groups in total. The van der Waals surface area contributed by atoms with Crippen LogP contribution in [0.15, 0.2) is 41.0 Å². The third-order valence-corrected chi connectivity index (χ3v) is 3.51. The lowest BCUT2D eigenvalue weighted by atomic mass is 10.2. The number of rotatable bonds is 4.